The molecule has 0 bridgehead atoms. The van der Waals surface area contributed by atoms with Gasteiger partial charge in [-0.15, -0.1) is 5.92 Å². The van der Waals surface area contributed by atoms with Crippen LogP contribution in [0.5, 0.6) is 0 Å². The van der Waals surface area contributed by atoms with Gasteiger partial charge in [0.15, 0.2) is 5.13 Å². The number of amides is 1. The second kappa shape index (κ2) is 4.85. The molecular weight excluding hydrogens is 234 g/mol. The minimum absolute atomic E-state index is 0.137. The van der Waals surface area contributed by atoms with Crippen molar-refractivity contribution < 1.29 is 4.79 Å². The molecule has 0 radical (unpaired) electrons. The smallest absolute Gasteiger partial charge is 0.252 e. The predicted octanol–water partition coefficient (Wildman–Crippen LogP) is 1.63. The molecule has 0 saturated carbocycles. The van der Waals surface area contributed by atoms with Crippen LogP contribution in [0.25, 0.3) is 10.2 Å². The molecule has 0 aliphatic carbocycles. The summed E-state index contributed by atoms with van der Waals surface area (Å²) in [5, 5.41) is 3.22. The Hall–Kier alpha value is -2.06. The third-order valence-electron chi connectivity index (χ3n) is 2.18. The van der Waals surface area contributed by atoms with E-state index < -0.39 is 0 Å². The van der Waals surface area contributed by atoms with Gasteiger partial charge in [-0.3, -0.25) is 4.79 Å². The monoisotopic (exact) mass is 245 g/mol. The van der Waals surface area contributed by atoms with Crippen molar-refractivity contribution in [3.05, 3.63) is 23.8 Å². The van der Waals surface area contributed by atoms with Gasteiger partial charge < -0.3 is 11.1 Å². The van der Waals surface area contributed by atoms with Gasteiger partial charge in [0.1, 0.15) is 0 Å². The number of nitrogens with two attached hydrogens (primary N) is 1. The quantitative estimate of drug-likeness (QED) is 0.790. The average molecular weight is 245 g/mol. The first-order valence-electron chi connectivity index (χ1n) is 5.04. The Bertz CT molecular complexity index is 621. The standard InChI is InChI=1S/C12H11N3OS/c1-2-3-6-14-11(16)8-4-5-9-10(7-8)17-12(13)15-9/h4-5,7H,6H2,1H3,(H2,13,15)(H,14,16). The summed E-state index contributed by atoms with van der Waals surface area (Å²) in [5.41, 5.74) is 7.02. The zero-order valence-corrected chi connectivity index (χ0v) is 10.1. The fraction of sp³-hybridized carbons (Fsp3) is 0.167. The molecule has 0 aliphatic heterocycles. The van der Waals surface area contributed by atoms with E-state index in [1.165, 1.54) is 11.3 Å². The van der Waals surface area contributed by atoms with E-state index in [0.29, 0.717) is 17.2 Å². The number of anilines is 1. The van der Waals surface area contributed by atoms with Gasteiger partial charge in [0.25, 0.3) is 5.91 Å². The van der Waals surface area contributed by atoms with Crippen molar-refractivity contribution in [3.63, 3.8) is 0 Å². The highest BCUT2D eigenvalue weighted by molar-refractivity contribution is 7.22. The fourth-order valence-corrected chi connectivity index (χ4v) is 2.17. The molecule has 0 atom stereocenters. The third-order valence-corrected chi connectivity index (χ3v) is 3.03. The van der Waals surface area contributed by atoms with Gasteiger partial charge in [0, 0.05) is 5.56 Å². The molecule has 4 nitrogen and oxygen atoms in total. The lowest BCUT2D eigenvalue weighted by Gasteiger charge is -2.00. The van der Waals surface area contributed by atoms with E-state index in [1.54, 1.807) is 25.1 Å². The van der Waals surface area contributed by atoms with Crippen LogP contribution in [0.15, 0.2) is 18.2 Å². The van der Waals surface area contributed by atoms with Crippen LogP contribution in [0.1, 0.15) is 17.3 Å². The number of hydrogen-bond acceptors (Lipinski definition) is 4. The lowest BCUT2D eigenvalue weighted by Crippen LogP contribution is -2.23. The summed E-state index contributed by atoms with van der Waals surface area (Å²) in [4.78, 5) is 15.9. The first-order chi connectivity index (χ1) is 8.20. The number of carbonyl (C=O) groups excluding carboxylic acids is 1. The van der Waals surface area contributed by atoms with Crippen molar-refractivity contribution >= 4 is 32.6 Å². The molecule has 0 fully saturated rings. The molecule has 2 rings (SSSR count). The maximum atomic E-state index is 11.7. The third kappa shape index (κ3) is 2.55. The van der Waals surface area contributed by atoms with Crippen LogP contribution < -0.4 is 11.1 Å². The number of aromatic nitrogens is 1. The summed E-state index contributed by atoms with van der Waals surface area (Å²) in [6.45, 7) is 2.09. The highest BCUT2D eigenvalue weighted by Gasteiger charge is 2.07. The Balaban J connectivity index is 2.22. The molecule has 1 aromatic carbocycles. The Kier molecular flexibility index (Phi) is 3.26. The normalized spacial score (nSPS) is 9.71. The number of thiazole rings is 1. The van der Waals surface area contributed by atoms with Gasteiger partial charge in [-0.25, -0.2) is 4.98 Å². The number of carbonyl (C=O) groups is 1. The van der Waals surface area contributed by atoms with E-state index >= 15 is 0 Å². The van der Waals surface area contributed by atoms with Crippen LogP contribution in [0.2, 0.25) is 0 Å². The van der Waals surface area contributed by atoms with Gasteiger partial charge in [-0.05, 0) is 25.1 Å². The second-order valence-corrected chi connectivity index (χ2v) is 4.41. The topological polar surface area (TPSA) is 68.0 Å². The maximum absolute atomic E-state index is 11.7. The van der Waals surface area contributed by atoms with Gasteiger partial charge in [0.05, 0.1) is 16.8 Å². The van der Waals surface area contributed by atoms with E-state index in [1.807, 2.05) is 0 Å². The van der Waals surface area contributed by atoms with E-state index in [0.717, 1.165) is 10.2 Å². The van der Waals surface area contributed by atoms with E-state index in [4.69, 9.17) is 5.73 Å². The van der Waals surface area contributed by atoms with E-state index in [-0.39, 0.29) is 5.91 Å². The van der Waals surface area contributed by atoms with Crippen molar-refractivity contribution in [1.82, 2.24) is 10.3 Å². The van der Waals surface area contributed by atoms with Gasteiger partial charge in [-0.1, -0.05) is 17.3 Å². The van der Waals surface area contributed by atoms with Crippen LogP contribution in [0.4, 0.5) is 5.13 Å². The van der Waals surface area contributed by atoms with Crippen molar-refractivity contribution in [1.29, 1.82) is 0 Å². The minimum Gasteiger partial charge on any atom is -0.375 e. The number of benzene rings is 1. The Labute approximate surface area is 103 Å². The number of hydrogen-bond donors (Lipinski definition) is 2. The van der Waals surface area contributed by atoms with Crippen molar-refractivity contribution in [3.8, 4) is 11.8 Å². The summed E-state index contributed by atoms with van der Waals surface area (Å²) in [5.74, 6) is 5.36. The first kappa shape index (κ1) is 11.4. The van der Waals surface area contributed by atoms with Crippen LogP contribution >= 0.6 is 11.3 Å². The Morgan fingerprint density at radius 1 is 1.59 bits per heavy atom. The Morgan fingerprint density at radius 3 is 3.18 bits per heavy atom. The van der Waals surface area contributed by atoms with Crippen molar-refractivity contribution in [2.75, 3.05) is 12.3 Å². The highest BCUT2D eigenvalue weighted by Crippen LogP contribution is 2.24. The lowest BCUT2D eigenvalue weighted by molar-refractivity contribution is 0.0959. The summed E-state index contributed by atoms with van der Waals surface area (Å²) in [6, 6.07) is 5.32. The molecule has 0 spiro atoms. The lowest BCUT2D eigenvalue weighted by atomic mass is 10.2. The number of rotatable bonds is 2. The fourth-order valence-electron chi connectivity index (χ4n) is 1.40. The predicted molar refractivity (Wildman–Crippen MR) is 69.8 cm³/mol. The van der Waals surface area contributed by atoms with Crippen molar-refractivity contribution in [2.24, 2.45) is 0 Å². The van der Waals surface area contributed by atoms with E-state index in [9.17, 15) is 4.79 Å². The molecule has 1 heterocycles. The molecule has 0 aliphatic rings. The van der Waals surface area contributed by atoms with Gasteiger partial charge >= 0.3 is 0 Å². The number of nitrogens with one attached hydrogen (secondary N) is 1. The van der Waals surface area contributed by atoms with Crippen molar-refractivity contribution in [2.45, 2.75) is 6.92 Å². The largest absolute Gasteiger partial charge is 0.375 e. The van der Waals surface area contributed by atoms with Gasteiger partial charge in [-0.2, -0.15) is 0 Å². The molecule has 1 amide bonds. The first-order valence-corrected chi connectivity index (χ1v) is 5.86. The maximum Gasteiger partial charge on any atom is 0.252 e. The second-order valence-electron chi connectivity index (χ2n) is 3.34. The molecule has 17 heavy (non-hydrogen) atoms. The van der Waals surface area contributed by atoms with E-state index in [2.05, 4.69) is 22.1 Å². The SMILES string of the molecule is CC#CCNC(=O)c1ccc2nc(N)sc2c1. The van der Waals surface area contributed by atoms with Crippen LogP contribution in [-0.4, -0.2) is 17.4 Å². The van der Waals surface area contributed by atoms with Gasteiger partial charge in [0.2, 0.25) is 0 Å². The molecule has 2 aromatic rings. The number of nitrogens with zero attached hydrogens (tertiary/aromatic N) is 1. The molecule has 86 valence electrons. The van der Waals surface area contributed by atoms with Crippen LogP contribution in [-0.2, 0) is 0 Å². The number of nitrogen functional groups attached to an aromatic ring is 1. The molecule has 5 heteroatoms. The van der Waals surface area contributed by atoms with Crippen LogP contribution in [0.3, 0.4) is 0 Å². The Morgan fingerprint density at radius 2 is 2.41 bits per heavy atom. The zero-order chi connectivity index (χ0) is 12.3. The molecule has 0 saturated heterocycles. The summed E-state index contributed by atoms with van der Waals surface area (Å²) < 4.78 is 0.914. The minimum atomic E-state index is -0.137. The molecule has 1 aromatic heterocycles. The van der Waals surface area contributed by atoms with Crippen LogP contribution in [0, 0.1) is 11.8 Å². The molecule has 0 unspecified atom stereocenters. The molecular formula is C12H11N3OS. The average Bonchev–Trinajstić information content (AvgIpc) is 2.68. The summed E-state index contributed by atoms with van der Waals surface area (Å²) in [6.07, 6.45) is 0. The highest BCUT2D eigenvalue weighted by atomic mass is 32.1. The number of fused-ring (bicyclic) bond motifs is 1. The summed E-state index contributed by atoms with van der Waals surface area (Å²) >= 11 is 1.37. The zero-order valence-electron chi connectivity index (χ0n) is 9.28. The molecule has 3 N–H and O–H groups in total. The summed E-state index contributed by atoms with van der Waals surface area (Å²) in [7, 11) is 0.